The molecular weight excluding hydrogens is 468 g/mol. The number of nitrogens with one attached hydrogen (secondary N) is 1. The highest BCUT2D eigenvalue weighted by Crippen LogP contribution is 2.35. The van der Waals surface area contributed by atoms with E-state index in [2.05, 4.69) is 10.3 Å². The van der Waals surface area contributed by atoms with Crippen LogP contribution in [0.2, 0.25) is 0 Å². The zero-order valence-electron chi connectivity index (χ0n) is 19.2. The maximum absolute atomic E-state index is 13.5. The normalized spacial score (nSPS) is 16.9. The molecule has 2 N–H and O–H groups in total. The third-order valence-corrected chi connectivity index (χ3v) is 7.19. The summed E-state index contributed by atoms with van der Waals surface area (Å²) in [5.41, 5.74) is 2.03. The third-order valence-electron chi connectivity index (χ3n) is 5.86. The SMILES string of the molecule is CC[C@@H](C)N1C(=O)/C(=C/c2c(NC[C@@H](O)c3ccccc3)nc3c(C)cccn3c2=O)SC1=S. The molecule has 9 heteroatoms. The molecule has 0 unspecified atom stereocenters. The van der Waals surface area contributed by atoms with E-state index >= 15 is 0 Å². The quantitative estimate of drug-likeness (QED) is 0.377. The van der Waals surface area contributed by atoms with Crippen molar-refractivity contribution >= 4 is 51.7 Å². The van der Waals surface area contributed by atoms with E-state index in [-0.39, 0.29) is 29.6 Å². The van der Waals surface area contributed by atoms with E-state index in [0.29, 0.717) is 20.7 Å². The van der Waals surface area contributed by atoms with Gasteiger partial charge in [-0.1, -0.05) is 67.3 Å². The van der Waals surface area contributed by atoms with Crippen LogP contribution in [0.1, 0.15) is 43.1 Å². The highest BCUT2D eigenvalue weighted by molar-refractivity contribution is 8.26. The van der Waals surface area contributed by atoms with Crippen LogP contribution in [0.15, 0.2) is 58.4 Å². The smallest absolute Gasteiger partial charge is 0.267 e. The van der Waals surface area contributed by atoms with E-state index in [1.54, 1.807) is 23.2 Å². The molecule has 7 nitrogen and oxygen atoms in total. The highest BCUT2D eigenvalue weighted by Gasteiger charge is 2.35. The second kappa shape index (κ2) is 10.1. The predicted molar refractivity (Wildman–Crippen MR) is 141 cm³/mol. The summed E-state index contributed by atoms with van der Waals surface area (Å²) < 4.78 is 1.94. The third kappa shape index (κ3) is 4.64. The van der Waals surface area contributed by atoms with Crippen LogP contribution in [0.25, 0.3) is 11.7 Å². The number of thioether (sulfide) groups is 1. The Labute approximate surface area is 207 Å². The average molecular weight is 495 g/mol. The average Bonchev–Trinajstić information content (AvgIpc) is 3.12. The Bertz CT molecular complexity index is 1340. The maximum Gasteiger partial charge on any atom is 0.267 e. The van der Waals surface area contributed by atoms with Gasteiger partial charge < -0.3 is 10.4 Å². The van der Waals surface area contributed by atoms with Crippen molar-refractivity contribution < 1.29 is 9.90 Å². The zero-order valence-corrected chi connectivity index (χ0v) is 20.8. The van der Waals surface area contributed by atoms with Crippen LogP contribution in [0.5, 0.6) is 0 Å². The van der Waals surface area contributed by atoms with Crippen LogP contribution in [0, 0.1) is 6.92 Å². The van der Waals surface area contributed by atoms with Crippen molar-refractivity contribution in [3.63, 3.8) is 0 Å². The molecule has 1 fully saturated rings. The molecule has 2 atom stereocenters. The molecule has 1 saturated heterocycles. The monoisotopic (exact) mass is 494 g/mol. The van der Waals surface area contributed by atoms with Crippen LogP contribution in [0.3, 0.4) is 0 Å². The number of fused-ring (bicyclic) bond motifs is 1. The van der Waals surface area contributed by atoms with Gasteiger partial charge in [-0.2, -0.15) is 0 Å². The van der Waals surface area contributed by atoms with Crippen LogP contribution in [-0.4, -0.2) is 42.2 Å². The number of carbonyl (C=O) groups excluding carboxylic acids is 1. The lowest BCUT2D eigenvalue weighted by Gasteiger charge is -2.21. The molecule has 3 heterocycles. The number of thiocarbonyl (C=S) groups is 1. The van der Waals surface area contributed by atoms with Crippen molar-refractivity contribution in [2.75, 3.05) is 11.9 Å². The first kappa shape index (κ1) is 24.1. The van der Waals surface area contributed by atoms with Gasteiger partial charge in [0, 0.05) is 18.8 Å². The van der Waals surface area contributed by atoms with E-state index in [1.165, 1.54) is 16.2 Å². The summed E-state index contributed by atoms with van der Waals surface area (Å²) in [7, 11) is 0. The molecule has 0 bridgehead atoms. The van der Waals surface area contributed by atoms with Gasteiger partial charge in [-0.15, -0.1) is 0 Å². The summed E-state index contributed by atoms with van der Waals surface area (Å²) in [5, 5.41) is 13.8. The van der Waals surface area contributed by atoms with Gasteiger partial charge in [0.05, 0.1) is 16.6 Å². The Balaban J connectivity index is 1.77. The largest absolute Gasteiger partial charge is 0.387 e. The fourth-order valence-electron chi connectivity index (χ4n) is 3.74. The first-order chi connectivity index (χ1) is 16.3. The first-order valence-electron chi connectivity index (χ1n) is 11.1. The lowest BCUT2D eigenvalue weighted by molar-refractivity contribution is -0.123. The number of aryl methyl sites for hydroxylation is 1. The van der Waals surface area contributed by atoms with Crippen LogP contribution in [-0.2, 0) is 4.79 Å². The second-order valence-electron chi connectivity index (χ2n) is 8.18. The molecule has 34 heavy (non-hydrogen) atoms. The number of nitrogens with zero attached hydrogens (tertiary/aromatic N) is 3. The minimum atomic E-state index is -0.796. The van der Waals surface area contributed by atoms with Crippen molar-refractivity contribution in [3.8, 4) is 0 Å². The topological polar surface area (TPSA) is 86.9 Å². The number of hydrogen-bond donors (Lipinski definition) is 2. The minimum Gasteiger partial charge on any atom is -0.387 e. The fraction of sp³-hybridized carbons (Fsp3) is 0.280. The molecule has 1 aliphatic heterocycles. The van der Waals surface area contributed by atoms with Gasteiger partial charge in [0.15, 0.2) is 0 Å². The number of anilines is 1. The van der Waals surface area contributed by atoms with E-state index in [9.17, 15) is 14.7 Å². The summed E-state index contributed by atoms with van der Waals surface area (Å²) in [6.45, 7) is 5.96. The lowest BCUT2D eigenvalue weighted by Crippen LogP contribution is -2.36. The summed E-state index contributed by atoms with van der Waals surface area (Å²) in [5.74, 6) is 0.0939. The van der Waals surface area contributed by atoms with Crippen molar-refractivity contribution in [1.29, 1.82) is 0 Å². The van der Waals surface area contributed by atoms with Gasteiger partial charge in [0.1, 0.15) is 15.8 Å². The van der Waals surface area contributed by atoms with Crippen molar-refractivity contribution in [1.82, 2.24) is 14.3 Å². The fourth-order valence-corrected chi connectivity index (χ4v) is 5.18. The molecule has 2 aromatic heterocycles. The second-order valence-corrected chi connectivity index (χ2v) is 9.86. The van der Waals surface area contributed by atoms with E-state index in [0.717, 1.165) is 17.5 Å². The molecule has 1 aromatic carbocycles. The van der Waals surface area contributed by atoms with E-state index in [4.69, 9.17) is 12.2 Å². The Kier molecular flexibility index (Phi) is 7.16. The molecule has 1 aliphatic rings. The van der Waals surface area contributed by atoms with Crippen molar-refractivity contribution in [3.05, 3.63) is 80.6 Å². The molecule has 0 saturated carbocycles. The number of pyridine rings is 1. The predicted octanol–water partition coefficient (Wildman–Crippen LogP) is 4.15. The Morgan fingerprint density at radius 2 is 1.94 bits per heavy atom. The summed E-state index contributed by atoms with van der Waals surface area (Å²) in [4.78, 5) is 33.2. The molecule has 176 valence electrons. The molecule has 1 amide bonds. The van der Waals surface area contributed by atoms with Gasteiger partial charge in [0.25, 0.3) is 11.5 Å². The van der Waals surface area contributed by atoms with Gasteiger partial charge in [-0.25, -0.2) is 4.98 Å². The number of benzene rings is 1. The molecular formula is C25H26N4O3S2. The zero-order chi connectivity index (χ0) is 24.4. The number of aliphatic hydroxyl groups is 1. The van der Waals surface area contributed by atoms with Crippen molar-refractivity contribution in [2.24, 2.45) is 0 Å². The Morgan fingerprint density at radius 1 is 1.21 bits per heavy atom. The van der Waals surface area contributed by atoms with Gasteiger partial charge in [0.2, 0.25) is 0 Å². The Hall–Kier alpha value is -3.01. The van der Waals surface area contributed by atoms with Gasteiger partial charge in [-0.05, 0) is 43.5 Å². The molecule has 0 aliphatic carbocycles. The minimum absolute atomic E-state index is 0.0320. The lowest BCUT2D eigenvalue weighted by atomic mass is 10.1. The summed E-state index contributed by atoms with van der Waals surface area (Å²) >= 11 is 6.62. The highest BCUT2D eigenvalue weighted by atomic mass is 32.2. The first-order valence-corrected chi connectivity index (χ1v) is 12.3. The molecule has 4 rings (SSSR count). The summed E-state index contributed by atoms with van der Waals surface area (Å²) in [6, 6.07) is 12.9. The van der Waals surface area contributed by atoms with Crippen LogP contribution >= 0.6 is 24.0 Å². The number of carbonyl (C=O) groups is 1. The summed E-state index contributed by atoms with van der Waals surface area (Å²) in [6.07, 6.45) is 3.18. The standard InChI is InChI=1S/C25H26N4O3S2/c1-4-16(3)29-24(32)20(34-25(29)33)13-18-21(26-14-19(30)17-10-6-5-7-11-17)27-22-15(2)9-8-12-28(22)23(18)31/h5-13,16,19,26,30H,4,14H2,1-3H3/b20-13-/t16-,19-/m1/s1. The van der Waals surface area contributed by atoms with Gasteiger partial charge in [-0.3, -0.25) is 18.9 Å². The molecule has 0 spiro atoms. The Morgan fingerprint density at radius 3 is 2.65 bits per heavy atom. The molecule has 3 aromatic rings. The van der Waals surface area contributed by atoms with E-state index in [1.807, 2.05) is 57.2 Å². The maximum atomic E-state index is 13.5. The van der Waals surface area contributed by atoms with Crippen LogP contribution in [0.4, 0.5) is 5.82 Å². The number of aromatic nitrogens is 2. The number of aliphatic hydroxyl groups excluding tert-OH is 1. The van der Waals surface area contributed by atoms with Crippen LogP contribution < -0.4 is 10.9 Å². The number of rotatable bonds is 7. The van der Waals surface area contributed by atoms with Crippen molar-refractivity contribution in [2.45, 2.75) is 39.3 Å². The number of amides is 1. The number of hydrogen-bond acceptors (Lipinski definition) is 7. The van der Waals surface area contributed by atoms with E-state index < -0.39 is 6.10 Å². The molecule has 0 radical (unpaired) electrons. The van der Waals surface area contributed by atoms with Gasteiger partial charge >= 0.3 is 0 Å².